The highest BCUT2D eigenvalue weighted by Crippen LogP contribution is 2.41. The van der Waals surface area contributed by atoms with E-state index in [1.165, 1.54) is 17.3 Å². The summed E-state index contributed by atoms with van der Waals surface area (Å²) >= 11 is 6.15. The van der Waals surface area contributed by atoms with Crippen LogP contribution >= 0.6 is 11.6 Å². The monoisotopic (exact) mass is 405 g/mol. The molecule has 0 bridgehead atoms. The number of halogens is 1. The van der Waals surface area contributed by atoms with E-state index >= 15 is 0 Å². The molecule has 7 heteroatoms. The van der Waals surface area contributed by atoms with E-state index in [4.69, 9.17) is 11.6 Å². The maximum Gasteiger partial charge on any atom is 0.302 e. The van der Waals surface area contributed by atoms with Gasteiger partial charge in [-0.2, -0.15) is 0 Å². The van der Waals surface area contributed by atoms with Crippen molar-refractivity contribution in [3.63, 3.8) is 0 Å². The van der Waals surface area contributed by atoms with Crippen LogP contribution in [0.15, 0.2) is 72.6 Å². The molecule has 0 aliphatic carbocycles. The number of aryl methyl sites for hydroxylation is 1. The minimum Gasteiger partial charge on any atom is -0.507 e. The molecule has 2 heterocycles. The van der Waals surface area contributed by atoms with Crippen LogP contribution in [0.1, 0.15) is 22.7 Å². The van der Waals surface area contributed by atoms with Gasteiger partial charge in [0, 0.05) is 23.0 Å². The molecule has 1 atom stereocenters. The number of aliphatic hydroxyl groups excluding tert-OH is 1. The highest BCUT2D eigenvalue weighted by Gasteiger charge is 2.48. The Morgan fingerprint density at radius 1 is 1.03 bits per heavy atom. The van der Waals surface area contributed by atoms with Crippen molar-refractivity contribution in [1.82, 2.24) is 9.97 Å². The maximum atomic E-state index is 12.9. The van der Waals surface area contributed by atoms with Crippen molar-refractivity contribution in [3.05, 3.63) is 94.3 Å². The van der Waals surface area contributed by atoms with Gasteiger partial charge in [0.05, 0.1) is 11.6 Å². The van der Waals surface area contributed by atoms with E-state index in [0.717, 1.165) is 5.56 Å². The second-order valence-electron chi connectivity index (χ2n) is 6.64. The van der Waals surface area contributed by atoms with E-state index in [0.29, 0.717) is 16.1 Å². The molecule has 1 aliphatic heterocycles. The number of nitrogens with zero attached hydrogens (tertiary/aromatic N) is 3. The average molecular weight is 406 g/mol. The van der Waals surface area contributed by atoms with Gasteiger partial charge in [-0.15, -0.1) is 0 Å². The van der Waals surface area contributed by atoms with Crippen LogP contribution in [0, 0.1) is 6.92 Å². The summed E-state index contributed by atoms with van der Waals surface area (Å²) in [6.45, 7) is 1.92. The normalized spacial score (nSPS) is 18.3. The zero-order chi connectivity index (χ0) is 20.5. The van der Waals surface area contributed by atoms with E-state index in [-0.39, 0.29) is 17.3 Å². The van der Waals surface area contributed by atoms with Gasteiger partial charge in [0.2, 0.25) is 5.95 Å². The Kier molecular flexibility index (Phi) is 4.86. The molecule has 3 aromatic rings. The Balaban J connectivity index is 1.95. The van der Waals surface area contributed by atoms with Crippen LogP contribution in [0.25, 0.3) is 5.76 Å². The van der Waals surface area contributed by atoms with Gasteiger partial charge in [-0.3, -0.25) is 14.5 Å². The second kappa shape index (κ2) is 7.48. The summed E-state index contributed by atoms with van der Waals surface area (Å²) in [6.07, 6.45) is 2.97. The van der Waals surface area contributed by atoms with Gasteiger partial charge in [0.25, 0.3) is 5.78 Å². The first-order valence-electron chi connectivity index (χ1n) is 8.88. The van der Waals surface area contributed by atoms with Crippen LogP contribution < -0.4 is 4.90 Å². The lowest BCUT2D eigenvalue weighted by atomic mass is 9.95. The summed E-state index contributed by atoms with van der Waals surface area (Å²) in [6, 6.07) is 14.5. The van der Waals surface area contributed by atoms with Crippen molar-refractivity contribution in [2.24, 2.45) is 0 Å². The van der Waals surface area contributed by atoms with E-state index in [1.54, 1.807) is 42.5 Å². The SMILES string of the molecule is Cc1ccc(C(O)=C2C(=O)C(=O)N(c3ncccn3)C2c2cccc(Cl)c2)cc1. The Bertz CT molecular complexity index is 1130. The first kappa shape index (κ1) is 18.8. The molecule has 0 saturated carbocycles. The fraction of sp³-hybridized carbons (Fsp3) is 0.0909. The number of anilines is 1. The minimum atomic E-state index is -0.905. The Labute approximate surface area is 172 Å². The predicted molar refractivity (Wildman–Crippen MR) is 109 cm³/mol. The number of hydrogen-bond donors (Lipinski definition) is 1. The molecular weight excluding hydrogens is 390 g/mol. The zero-order valence-electron chi connectivity index (χ0n) is 15.4. The Morgan fingerprint density at radius 3 is 2.38 bits per heavy atom. The number of aliphatic hydroxyl groups is 1. The van der Waals surface area contributed by atoms with Crippen molar-refractivity contribution in [1.29, 1.82) is 0 Å². The number of hydrogen-bond acceptors (Lipinski definition) is 5. The first-order chi connectivity index (χ1) is 14.0. The predicted octanol–water partition coefficient (Wildman–Crippen LogP) is 4.06. The number of benzene rings is 2. The molecule has 6 nitrogen and oxygen atoms in total. The average Bonchev–Trinajstić information content (AvgIpc) is 2.99. The minimum absolute atomic E-state index is 0.0337. The van der Waals surface area contributed by atoms with Gasteiger partial charge >= 0.3 is 5.91 Å². The Morgan fingerprint density at radius 2 is 1.72 bits per heavy atom. The topological polar surface area (TPSA) is 83.4 Å². The Hall–Kier alpha value is -3.51. The van der Waals surface area contributed by atoms with Crippen LogP contribution in [0.5, 0.6) is 0 Å². The number of Topliss-reactive ketones (excluding diaryl/α,β-unsaturated/α-hetero) is 1. The number of aromatic nitrogens is 2. The summed E-state index contributed by atoms with van der Waals surface area (Å²) in [4.78, 5) is 35.3. The van der Waals surface area contributed by atoms with Crippen molar-refractivity contribution in [2.45, 2.75) is 13.0 Å². The molecule has 0 spiro atoms. The molecule has 2 aromatic carbocycles. The lowest BCUT2D eigenvalue weighted by molar-refractivity contribution is -0.132. The van der Waals surface area contributed by atoms with Gasteiger partial charge in [0.1, 0.15) is 5.76 Å². The number of carbonyl (C=O) groups excluding carboxylic acids is 2. The van der Waals surface area contributed by atoms with Crippen LogP contribution in [-0.2, 0) is 9.59 Å². The van der Waals surface area contributed by atoms with Gasteiger partial charge in [-0.1, -0.05) is 53.6 Å². The van der Waals surface area contributed by atoms with E-state index in [1.807, 2.05) is 19.1 Å². The molecule has 1 N–H and O–H groups in total. The molecule has 1 aliphatic rings. The highest BCUT2D eigenvalue weighted by molar-refractivity contribution is 6.51. The molecule has 144 valence electrons. The van der Waals surface area contributed by atoms with Crippen molar-refractivity contribution in [2.75, 3.05) is 4.90 Å². The summed E-state index contributed by atoms with van der Waals surface area (Å²) in [5.74, 6) is -1.80. The second-order valence-corrected chi connectivity index (χ2v) is 7.08. The summed E-state index contributed by atoms with van der Waals surface area (Å²) < 4.78 is 0. The third-order valence-corrected chi connectivity index (χ3v) is 4.94. The van der Waals surface area contributed by atoms with E-state index in [2.05, 4.69) is 9.97 Å². The summed E-state index contributed by atoms with van der Waals surface area (Å²) in [5.41, 5.74) is 1.98. The van der Waals surface area contributed by atoms with E-state index in [9.17, 15) is 14.7 Å². The maximum absolute atomic E-state index is 12.9. The molecule has 1 saturated heterocycles. The fourth-order valence-electron chi connectivity index (χ4n) is 3.31. The lowest BCUT2D eigenvalue weighted by Gasteiger charge is -2.23. The third kappa shape index (κ3) is 3.39. The first-order valence-corrected chi connectivity index (χ1v) is 9.25. The van der Waals surface area contributed by atoms with Gasteiger partial charge in [0.15, 0.2) is 0 Å². The van der Waals surface area contributed by atoms with Crippen LogP contribution in [0.3, 0.4) is 0 Å². The standard InChI is InChI=1S/C22H16ClN3O3/c1-13-6-8-14(9-7-13)19(27)17-18(15-4-2-5-16(23)12-15)26(21(29)20(17)28)22-24-10-3-11-25-22/h2-12,18,27H,1H3. The molecule has 1 amide bonds. The number of carbonyl (C=O) groups is 2. The molecule has 1 aromatic heterocycles. The lowest BCUT2D eigenvalue weighted by Crippen LogP contribution is -2.31. The molecule has 29 heavy (non-hydrogen) atoms. The van der Waals surface area contributed by atoms with Gasteiger partial charge < -0.3 is 5.11 Å². The fourth-order valence-corrected chi connectivity index (χ4v) is 3.51. The zero-order valence-corrected chi connectivity index (χ0v) is 16.2. The van der Waals surface area contributed by atoms with Crippen LogP contribution in [0.2, 0.25) is 5.02 Å². The molecule has 4 rings (SSSR count). The summed E-state index contributed by atoms with van der Waals surface area (Å²) in [7, 11) is 0. The van der Waals surface area contributed by atoms with Crippen molar-refractivity contribution < 1.29 is 14.7 Å². The number of ketones is 1. The molecule has 1 fully saturated rings. The largest absolute Gasteiger partial charge is 0.507 e. The van der Waals surface area contributed by atoms with Crippen LogP contribution in [0.4, 0.5) is 5.95 Å². The van der Waals surface area contributed by atoms with E-state index < -0.39 is 17.7 Å². The summed E-state index contributed by atoms with van der Waals surface area (Å²) in [5, 5.41) is 11.4. The number of amides is 1. The van der Waals surface area contributed by atoms with Gasteiger partial charge in [-0.25, -0.2) is 9.97 Å². The molecular formula is C22H16ClN3O3. The molecule has 0 radical (unpaired) electrons. The van der Waals surface area contributed by atoms with Crippen molar-refractivity contribution in [3.8, 4) is 0 Å². The van der Waals surface area contributed by atoms with Gasteiger partial charge in [-0.05, 0) is 30.7 Å². The highest BCUT2D eigenvalue weighted by atomic mass is 35.5. The van der Waals surface area contributed by atoms with Crippen LogP contribution in [-0.4, -0.2) is 26.8 Å². The quantitative estimate of drug-likeness (QED) is 0.403. The number of rotatable bonds is 3. The molecule has 1 unspecified atom stereocenters. The van der Waals surface area contributed by atoms with Crippen molar-refractivity contribution >= 4 is 35.0 Å². The smallest absolute Gasteiger partial charge is 0.302 e. The third-order valence-electron chi connectivity index (χ3n) is 4.70.